The zero-order valence-electron chi connectivity index (χ0n) is 8.48. The summed E-state index contributed by atoms with van der Waals surface area (Å²) in [6, 6.07) is 3.89. The minimum absolute atomic E-state index is 0.0603. The standard InChI is InChI=1S/C11H10FNO3/c12-8-3-9(13-7-14)5-11(4-8)16-10-1-2-15-6-10/h3-5,10H,1-2,6H2. The maximum atomic E-state index is 13.1. The van der Waals surface area contributed by atoms with Gasteiger partial charge >= 0.3 is 0 Å². The first-order chi connectivity index (χ1) is 7.78. The molecular weight excluding hydrogens is 213 g/mol. The minimum Gasteiger partial charge on any atom is -0.488 e. The van der Waals surface area contributed by atoms with Gasteiger partial charge in [-0.15, -0.1) is 0 Å². The van der Waals surface area contributed by atoms with Crippen molar-refractivity contribution in [2.75, 3.05) is 13.2 Å². The van der Waals surface area contributed by atoms with Gasteiger partial charge in [-0.2, -0.15) is 4.99 Å². The van der Waals surface area contributed by atoms with Crippen LogP contribution >= 0.6 is 0 Å². The van der Waals surface area contributed by atoms with Gasteiger partial charge in [-0.3, -0.25) is 0 Å². The van der Waals surface area contributed by atoms with Gasteiger partial charge < -0.3 is 9.47 Å². The van der Waals surface area contributed by atoms with Crippen LogP contribution in [0.15, 0.2) is 23.2 Å². The minimum atomic E-state index is -0.495. The molecule has 1 heterocycles. The molecule has 0 aromatic heterocycles. The lowest BCUT2D eigenvalue weighted by Crippen LogP contribution is -2.15. The Hall–Kier alpha value is -1.71. The van der Waals surface area contributed by atoms with Crippen LogP contribution in [0.25, 0.3) is 0 Å². The highest BCUT2D eigenvalue weighted by molar-refractivity contribution is 5.51. The first kappa shape index (κ1) is 10.8. The van der Waals surface area contributed by atoms with E-state index >= 15 is 0 Å². The number of hydrogen-bond donors (Lipinski definition) is 0. The Balaban J connectivity index is 2.16. The fourth-order valence-corrected chi connectivity index (χ4v) is 1.53. The second kappa shape index (κ2) is 4.88. The van der Waals surface area contributed by atoms with Gasteiger partial charge in [0, 0.05) is 24.6 Å². The number of aliphatic imine (C=N–C) groups is 1. The molecule has 1 aliphatic rings. The van der Waals surface area contributed by atoms with Crippen LogP contribution in [-0.2, 0) is 9.53 Å². The molecule has 1 aromatic rings. The largest absolute Gasteiger partial charge is 0.488 e. The molecule has 0 amide bonds. The van der Waals surface area contributed by atoms with Crippen LogP contribution in [0.1, 0.15) is 6.42 Å². The van der Waals surface area contributed by atoms with E-state index in [1.165, 1.54) is 18.2 Å². The molecule has 16 heavy (non-hydrogen) atoms. The van der Waals surface area contributed by atoms with Crippen molar-refractivity contribution in [3.63, 3.8) is 0 Å². The lowest BCUT2D eigenvalue weighted by molar-refractivity contribution is 0.141. The molecule has 0 spiro atoms. The lowest BCUT2D eigenvalue weighted by Gasteiger charge is -2.11. The van der Waals surface area contributed by atoms with Crippen LogP contribution < -0.4 is 4.74 Å². The topological polar surface area (TPSA) is 47.9 Å². The number of carbonyl (C=O) groups excluding carboxylic acids is 1. The molecule has 0 N–H and O–H groups in total. The summed E-state index contributed by atoms with van der Waals surface area (Å²) < 4.78 is 23.7. The molecule has 1 fully saturated rings. The van der Waals surface area contributed by atoms with Crippen molar-refractivity contribution in [2.24, 2.45) is 4.99 Å². The summed E-state index contributed by atoms with van der Waals surface area (Å²) >= 11 is 0. The van der Waals surface area contributed by atoms with Gasteiger partial charge in [0.05, 0.1) is 18.9 Å². The van der Waals surface area contributed by atoms with E-state index in [1.54, 1.807) is 0 Å². The predicted octanol–water partition coefficient (Wildman–Crippen LogP) is 1.96. The SMILES string of the molecule is O=C=Nc1cc(F)cc(OC2CCOC2)c1. The molecule has 1 atom stereocenters. The van der Waals surface area contributed by atoms with Gasteiger partial charge in [0.2, 0.25) is 6.08 Å². The van der Waals surface area contributed by atoms with Crippen LogP contribution in [0.2, 0.25) is 0 Å². The molecule has 1 aliphatic heterocycles. The van der Waals surface area contributed by atoms with Gasteiger partial charge in [-0.1, -0.05) is 0 Å². The van der Waals surface area contributed by atoms with Crippen molar-refractivity contribution in [1.82, 2.24) is 0 Å². The Morgan fingerprint density at radius 1 is 1.50 bits per heavy atom. The number of isocyanates is 1. The summed E-state index contributed by atoms with van der Waals surface area (Å²) in [5, 5.41) is 0. The molecule has 5 heteroatoms. The Morgan fingerprint density at radius 2 is 2.38 bits per heavy atom. The maximum absolute atomic E-state index is 13.1. The Labute approximate surface area is 91.7 Å². The van der Waals surface area contributed by atoms with Crippen LogP contribution in [0.3, 0.4) is 0 Å². The first-order valence-corrected chi connectivity index (χ1v) is 4.91. The average molecular weight is 223 g/mol. The molecule has 0 radical (unpaired) electrons. The smallest absolute Gasteiger partial charge is 0.240 e. The van der Waals surface area contributed by atoms with Crippen molar-refractivity contribution in [3.05, 3.63) is 24.0 Å². The van der Waals surface area contributed by atoms with E-state index in [1.807, 2.05) is 0 Å². The number of hydrogen-bond acceptors (Lipinski definition) is 4. The average Bonchev–Trinajstić information content (AvgIpc) is 2.70. The van der Waals surface area contributed by atoms with Gasteiger partial charge in [-0.25, -0.2) is 9.18 Å². The highest BCUT2D eigenvalue weighted by Crippen LogP contribution is 2.24. The quantitative estimate of drug-likeness (QED) is 0.581. The second-order valence-corrected chi connectivity index (χ2v) is 3.45. The van der Waals surface area contributed by atoms with Crippen LogP contribution in [0.4, 0.5) is 10.1 Å². The van der Waals surface area contributed by atoms with Gasteiger partial charge in [0.25, 0.3) is 0 Å². The summed E-state index contributed by atoms with van der Waals surface area (Å²) in [6.07, 6.45) is 2.08. The number of rotatable bonds is 3. The Kier molecular flexibility index (Phi) is 3.29. The highest BCUT2D eigenvalue weighted by atomic mass is 19.1. The fraction of sp³-hybridized carbons (Fsp3) is 0.364. The van der Waals surface area contributed by atoms with E-state index in [0.717, 1.165) is 12.5 Å². The molecule has 84 valence electrons. The Bertz CT molecular complexity index is 423. The van der Waals surface area contributed by atoms with Gasteiger partial charge in [0.15, 0.2) is 0 Å². The number of ether oxygens (including phenoxy) is 2. The lowest BCUT2D eigenvalue weighted by atomic mass is 10.2. The summed E-state index contributed by atoms with van der Waals surface area (Å²) in [5.74, 6) is -0.144. The second-order valence-electron chi connectivity index (χ2n) is 3.45. The maximum Gasteiger partial charge on any atom is 0.240 e. The van der Waals surface area contributed by atoms with Crippen LogP contribution in [0, 0.1) is 5.82 Å². The van der Waals surface area contributed by atoms with E-state index in [-0.39, 0.29) is 11.8 Å². The summed E-state index contributed by atoms with van der Waals surface area (Å²) in [6.45, 7) is 1.15. The van der Waals surface area contributed by atoms with E-state index in [9.17, 15) is 9.18 Å². The fourth-order valence-electron chi connectivity index (χ4n) is 1.53. The molecule has 1 unspecified atom stereocenters. The van der Waals surface area contributed by atoms with Gasteiger partial charge in [0.1, 0.15) is 17.7 Å². The van der Waals surface area contributed by atoms with E-state index in [4.69, 9.17) is 9.47 Å². The molecule has 1 aromatic carbocycles. The monoisotopic (exact) mass is 223 g/mol. The van der Waals surface area contributed by atoms with Gasteiger partial charge in [-0.05, 0) is 0 Å². The zero-order chi connectivity index (χ0) is 11.4. The predicted molar refractivity (Wildman–Crippen MR) is 54.0 cm³/mol. The molecule has 0 aliphatic carbocycles. The first-order valence-electron chi connectivity index (χ1n) is 4.91. The van der Waals surface area contributed by atoms with Crippen molar-refractivity contribution in [3.8, 4) is 5.75 Å². The van der Waals surface area contributed by atoms with Crippen molar-refractivity contribution < 1.29 is 18.7 Å². The van der Waals surface area contributed by atoms with Crippen LogP contribution in [0.5, 0.6) is 5.75 Å². The molecule has 0 saturated carbocycles. The molecule has 1 saturated heterocycles. The van der Waals surface area contributed by atoms with Crippen LogP contribution in [-0.4, -0.2) is 25.4 Å². The molecule has 2 rings (SSSR count). The van der Waals surface area contributed by atoms with E-state index in [2.05, 4.69) is 4.99 Å². The third-order valence-electron chi connectivity index (χ3n) is 2.22. The summed E-state index contributed by atoms with van der Waals surface area (Å²) in [4.78, 5) is 13.4. The molecular formula is C11H10FNO3. The highest BCUT2D eigenvalue weighted by Gasteiger charge is 2.17. The summed E-state index contributed by atoms with van der Waals surface area (Å²) in [5.41, 5.74) is 0.198. The zero-order valence-corrected chi connectivity index (χ0v) is 8.48. The van der Waals surface area contributed by atoms with Crippen molar-refractivity contribution in [1.29, 1.82) is 0 Å². The number of halogens is 1. The normalized spacial score (nSPS) is 19.2. The number of nitrogens with zero attached hydrogens (tertiary/aromatic N) is 1. The number of benzene rings is 1. The van der Waals surface area contributed by atoms with Crippen molar-refractivity contribution >= 4 is 11.8 Å². The Morgan fingerprint density at radius 3 is 3.06 bits per heavy atom. The van der Waals surface area contributed by atoms with Crippen molar-refractivity contribution in [2.45, 2.75) is 12.5 Å². The molecule has 4 nitrogen and oxygen atoms in total. The van der Waals surface area contributed by atoms with E-state index < -0.39 is 5.82 Å². The third-order valence-corrected chi connectivity index (χ3v) is 2.22. The summed E-state index contributed by atoms with van der Waals surface area (Å²) in [7, 11) is 0. The third kappa shape index (κ3) is 2.66. The molecule has 0 bridgehead atoms. The van der Waals surface area contributed by atoms with E-state index in [0.29, 0.717) is 19.0 Å².